The third-order valence-electron chi connectivity index (χ3n) is 6.00. The van der Waals surface area contributed by atoms with Crippen LogP contribution in [0.5, 0.6) is 5.75 Å². The molecule has 4 nitrogen and oxygen atoms in total. The van der Waals surface area contributed by atoms with Crippen LogP contribution < -0.4 is 4.74 Å². The molecule has 32 heavy (non-hydrogen) atoms. The van der Waals surface area contributed by atoms with Gasteiger partial charge in [-0.05, 0) is 72.7 Å². The van der Waals surface area contributed by atoms with Gasteiger partial charge in [0.15, 0.2) is 0 Å². The highest BCUT2D eigenvalue weighted by atomic mass is 32.1. The number of piperazine rings is 1. The second-order valence-electron chi connectivity index (χ2n) is 8.51. The van der Waals surface area contributed by atoms with Crippen LogP contribution in [-0.2, 0) is 13.2 Å². The molecule has 4 rings (SSSR count). The lowest BCUT2D eigenvalue weighted by Crippen LogP contribution is -2.48. The highest BCUT2D eigenvalue weighted by Crippen LogP contribution is 2.25. The predicted octanol–water partition coefficient (Wildman–Crippen LogP) is 5.35. The molecule has 3 aromatic rings. The molecule has 1 aliphatic rings. The van der Waals surface area contributed by atoms with Crippen LogP contribution in [0.3, 0.4) is 0 Å². The zero-order valence-corrected chi connectivity index (χ0v) is 19.7. The van der Waals surface area contributed by atoms with Gasteiger partial charge in [0.2, 0.25) is 0 Å². The highest BCUT2D eigenvalue weighted by molar-refractivity contribution is 7.12. The van der Waals surface area contributed by atoms with Crippen LogP contribution in [0.4, 0.5) is 4.39 Å². The Morgan fingerprint density at radius 3 is 2.44 bits per heavy atom. The Balaban J connectivity index is 1.30. The second kappa shape index (κ2) is 9.84. The van der Waals surface area contributed by atoms with E-state index in [2.05, 4.69) is 37.8 Å². The van der Waals surface area contributed by atoms with Gasteiger partial charge >= 0.3 is 0 Å². The summed E-state index contributed by atoms with van der Waals surface area (Å²) in [5.41, 5.74) is 5.67. The number of hydrogen-bond acceptors (Lipinski definition) is 4. The molecule has 1 aliphatic heterocycles. The number of benzene rings is 2. The van der Waals surface area contributed by atoms with Crippen LogP contribution in [0, 0.1) is 26.6 Å². The summed E-state index contributed by atoms with van der Waals surface area (Å²) in [7, 11) is 0. The van der Waals surface area contributed by atoms with Gasteiger partial charge in [-0.2, -0.15) is 0 Å². The minimum Gasteiger partial charge on any atom is -0.489 e. The van der Waals surface area contributed by atoms with E-state index >= 15 is 0 Å². The highest BCUT2D eigenvalue weighted by Gasteiger charge is 2.23. The predicted molar refractivity (Wildman–Crippen MR) is 127 cm³/mol. The monoisotopic (exact) mass is 452 g/mol. The van der Waals surface area contributed by atoms with Crippen molar-refractivity contribution in [1.82, 2.24) is 9.80 Å². The van der Waals surface area contributed by atoms with E-state index in [0.717, 1.165) is 47.0 Å². The maximum Gasteiger partial charge on any atom is 0.264 e. The standard InChI is InChI=1S/C26H29FN2O2S/c1-18-12-19(2)20(3)24(13-18)31-16-22-14-25(32-17-22)26(30)29-10-8-28(9-11-29)15-21-4-6-23(27)7-5-21/h4-7,12-14,17H,8-11,15-16H2,1-3H3. The van der Waals surface area contributed by atoms with E-state index in [0.29, 0.717) is 19.7 Å². The van der Waals surface area contributed by atoms with Crippen molar-refractivity contribution in [2.75, 3.05) is 26.2 Å². The number of ether oxygens (including phenoxy) is 1. The van der Waals surface area contributed by atoms with Gasteiger partial charge in [0, 0.05) is 38.3 Å². The molecule has 2 aromatic carbocycles. The van der Waals surface area contributed by atoms with Crippen molar-refractivity contribution in [2.45, 2.75) is 33.9 Å². The van der Waals surface area contributed by atoms with E-state index in [1.807, 2.05) is 28.5 Å². The zero-order valence-electron chi connectivity index (χ0n) is 18.9. The summed E-state index contributed by atoms with van der Waals surface area (Å²) in [5, 5.41) is 2.01. The summed E-state index contributed by atoms with van der Waals surface area (Å²) < 4.78 is 19.1. The van der Waals surface area contributed by atoms with Crippen LogP contribution in [0.2, 0.25) is 0 Å². The molecular weight excluding hydrogens is 423 g/mol. The van der Waals surface area contributed by atoms with E-state index < -0.39 is 0 Å². The Labute approximate surface area is 193 Å². The summed E-state index contributed by atoms with van der Waals surface area (Å²) in [6.45, 7) is 10.5. The Kier molecular flexibility index (Phi) is 6.92. The number of nitrogens with zero attached hydrogens (tertiary/aromatic N) is 2. The van der Waals surface area contributed by atoms with Gasteiger partial charge in [-0.15, -0.1) is 11.3 Å². The minimum atomic E-state index is -0.214. The molecule has 2 heterocycles. The first-order chi connectivity index (χ1) is 15.4. The molecule has 0 radical (unpaired) electrons. The topological polar surface area (TPSA) is 32.8 Å². The van der Waals surface area contributed by atoms with Gasteiger partial charge in [0.25, 0.3) is 5.91 Å². The van der Waals surface area contributed by atoms with Crippen LogP contribution in [0.15, 0.2) is 47.8 Å². The average Bonchev–Trinajstić information content (AvgIpc) is 3.26. The lowest BCUT2D eigenvalue weighted by molar-refractivity contribution is 0.0633. The molecule has 1 amide bonds. The lowest BCUT2D eigenvalue weighted by Gasteiger charge is -2.34. The summed E-state index contributed by atoms with van der Waals surface area (Å²) in [4.78, 5) is 18.0. The molecule has 168 valence electrons. The molecule has 1 aromatic heterocycles. The van der Waals surface area contributed by atoms with Gasteiger partial charge in [0.05, 0.1) is 4.88 Å². The number of thiophene rings is 1. The smallest absolute Gasteiger partial charge is 0.264 e. The summed E-state index contributed by atoms with van der Waals surface area (Å²) in [6, 6.07) is 12.8. The van der Waals surface area contributed by atoms with E-state index in [9.17, 15) is 9.18 Å². The summed E-state index contributed by atoms with van der Waals surface area (Å²) >= 11 is 1.48. The number of carbonyl (C=O) groups excluding carboxylic acids is 1. The van der Waals surface area contributed by atoms with Crippen LogP contribution in [0.25, 0.3) is 0 Å². The number of amides is 1. The Morgan fingerprint density at radius 2 is 1.72 bits per heavy atom. The zero-order chi connectivity index (χ0) is 22.7. The molecule has 1 saturated heterocycles. The first-order valence-electron chi connectivity index (χ1n) is 10.9. The van der Waals surface area contributed by atoms with Crippen molar-refractivity contribution in [3.63, 3.8) is 0 Å². The van der Waals surface area contributed by atoms with Crippen LogP contribution in [-0.4, -0.2) is 41.9 Å². The third-order valence-corrected chi connectivity index (χ3v) is 6.97. The minimum absolute atomic E-state index is 0.0882. The quantitative estimate of drug-likeness (QED) is 0.505. The largest absolute Gasteiger partial charge is 0.489 e. The first-order valence-corrected chi connectivity index (χ1v) is 11.8. The van der Waals surface area contributed by atoms with Gasteiger partial charge in [0.1, 0.15) is 18.2 Å². The number of hydrogen-bond donors (Lipinski definition) is 0. The fraction of sp³-hybridized carbons (Fsp3) is 0.346. The Hall–Kier alpha value is -2.70. The summed E-state index contributed by atoms with van der Waals surface area (Å²) in [5.74, 6) is 0.776. The van der Waals surface area contributed by atoms with E-state index in [1.165, 1.54) is 34.6 Å². The SMILES string of the molecule is Cc1cc(C)c(C)c(OCc2csc(C(=O)N3CCN(Cc4ccc(F)cc4)CC3)c2)c1. The Bertz CT molecular complexity index is 1090. The summed E-state index contributed by atoms with van der Waals surface area (Å²) in [6.07, 6.45) is 0. The van der Waals surface area contributed by atoms with Crippen molar-refractivity contribution < 1.29 is 13.9 Å². The molecule has 0 saturated carbocycles. The Morgan fingerprint density at radius 1 is 1.00 bits per heavy atom. The molecule has 0 bridgehead atoms. The number of aryl methyl sites for hydroxylation is 2. The molecule has 0 unspecified atom stereocenters. The van der Waals surface area contributed by atoms with E-state index in [-0.39, 0.29) is 11.7 Å². The number of carbonyl (C=O) groups is 1. The van der Waals surface area contributed by atoms with Crippen molar-refractivity contribution in [3.05, 3.63) is 86.4 Å². The number of halogens is 1. The lowest BCUT2D eigenvalue weighted by atomic mass is 10.1. The van der Waals surface area contributed by atoms with E-state index in [1.54, 1.807) is 0 Å². The normalized spacial score (nSPS) is 14.6. The van der Waals surface area contributed by atoms with Gasteiger partial charge in [-0.3, -0.25) is 9.69 Å². The molecule has 0 aliphatic carbocycles. The molecular formula is C26H29FN2O2S. The van der Waals surface area contributed by atoms with Crippen molar-refractivity contribution in [3.8, 4) is 5.75 Å². The third kappa shape index (κ3) is 5.37. The van der Waals surface area contributed by atoms with Crippen LogP contribution >= 0.6 is 11.3 Å². The average molecular weight is 453 g/mol. The molecule has 6 heteroatoms. The van der Waals surface area contributed by atoms with Crippen LogP contribution in [0.1, 0.15) is 37.5 Å². The van der Waals surface area contributed by atoms with Gasteiger partial charge in [-0.25, -0.2) is 4.39 Å². The van der Waals surface area contributed by atoms with Crippen molar-refractivity contribution in [2.24, 2.45) is 0 Å². The fourth-order valence-corrected chi connectivity index (χ4v) is 4.85. The number of rotatable bonds is 6. The van der Waals surface area contributed by atoms with Crippen molar-refractivity contribution in [1.29, 1.82) is 0 Å². The molecule has 0 spiro atoms. The molecule has 0 atom stereocenters. The first kappa shape index (κ1) is 22.5. The molecule has 0 N–H and O–H groups in total. The fourth-order valence-electron chi connectivity index (χ4n) is 3.99. The van der Waals surface area contributed by atoms with Crippen molar-refractivity contribution >= 4 is 17.2 Å². The maximum absolute atomic E-state index is 13.1. The second-order valence-corrected chi connectivity index (χ2v) is 9.42. The van der Waals surface area contributed by atoms with Gasteiger partial charge in [-0.1, -0.05) is 18.2 Å². The maximum atomic E-state index is 13.1. The molecule has 1 fully saturated rings. The van der Waals surface area contributed by atoms with E-state index in [4.69, 9.17) is 4.74 Å². The van der Waals surface area contributed by atoms with Gasteiger partial charge < -0.3 is 9.64 Å².